The number of halogens is 2. The first-order chi connectivity index (χ1) is 15.9. The molecular weight excluding hydrogens is 481 g/mol. The standard InChI is InChI=1S/C22H25ClFN7O2S/c1-21(2)20(26)31-22(3,15-5-4-8-28-34(15,21)33)18-14(24)6-7-16(29-18)30-19(32)17-13(23)9-12(10-25)11-27-17/h6-7,9,11,15,28,33H,4-5,8H2,1-3H3,(H2,26,31)(H,29,30,32)/t15-,22-/m0/s1. The summed E-state index contributed by atoms with van der Waals surface area (Å²) in [5.74, 6) is -1.02. The highest BCUT2D eigenvalue weighted by molar-refractivity contribution is 8.29. The summed E-state index contributed by atoms with van der Waals surface area (Å²) in [6.07, 6.45) is 2.62. The Balaban J connectivity index is 1.74. The molecule has 2 aromatic rings. The van der Waals surface area contributed by atoms with Crippen molar-refractivity contribution in [1.82, 2.24) is 14.7 Å². The fraction of sp³-hybridized carbons (Fsp3) is 0.409. The predicted molar refractivity (Wildman–Crippen MR) is 130 cm³/mol. The number of nitrogens with one attached hydrogen (secondary N) is 2. The highest BCUT2D eigenvalue weighted by atomic mass is 35.5. The van der Waals surface area contributed by atoms with Gasteiger partial charge < -0.3 is 15.6 Å². The molecule has 180 valence electrons. The molecule has 34 heavy (non-hydrogen) atoms. The number of pyridine rings is 2. The van der Waals surface area contributed by atoms with Crippen LogP contribution in [0.5, 0.6) is 0 Å². The summed E-state index contributed by atoms with van der Waals surface area (Å²) in [5.41, 5.74) is 5.14. The average Bonchev–Trinajstić information content (AvgIpc) is 2.79. The first-order valence-electron chi connectivity index (χ1n) is 10.6. The quantitative estimate of drug-likeness (QED) is 0.496. The molecule has 0 bridgehead atoms. The van der Waals surface area contributed by atoms with E-state index < -0.39 is 37.8 Å². The fourth-order valence-corrected chi connectivity index (χ4v) is 8.15. The average molecular weight is 506 g/mol. The van der Waals surface area contributed by atoms with Crippen LogP contribution in [0.1, 0.15) is 55.4 Å². The summed E-state index contributed by atoms with van der Waals surface area (Å²) in [6.45, 7) is 6.00. The van der Waals surface area contributed by atoms with Gasteiger partial charge in [-0.25, -0.2) is 14.4 Å². The van der Waals surface area contributed by atoms with E-state index in [1.807, 2.05) is 19.9 Å². The summed E-state index contributed by atoms with van der Waals surface area (Å²) in [7, 11) is -2.53. The van der Waals surface area contributed by atoms with Crippen LogP contribution in [0.4, 0.5) is 10.2 Å². The number of carbonyl (C=O) groups is 1. The number of amidine groups is 1. The normalized spacial score (nSPS) is 27.8. The van der Waals surface area contributed by atoms with Crippen LogP contribution in [-0.2, 0) is 5.54 Å². The number of hydrogen-bond donors (Lipinski definition) is 4. The van der Waals surface area contributed by atoms with Gasteiger partial charge in [0.1, 0.15) is 40.5 Å². The fourth-order valence-electron chi connectivity index (χ4n) is 4.47. The Kier molecular flexibility index (Phi) is 6.06. The zero-order valence-electron chi connectivity index (χ0n) is 18.9. The molecule has 4 heterocycles. The molecule has 4 rings (SSSR count). The first-order valence-corrected chi connectivity index (χ1v) is 12.7. The lowest BCUT2D eigenvalue weighted by Crippen LogP contribution is -2.62. The van der Waals surface area contributed by atoms with Gasteiger partial charge in [0.05, 0.1) is 20.6 Å². The van der Waals surface area contributed by atoms with Crippen molar-refractivity contribution >= 4 is 39.7 Å². The van der Waals surface area contributed by atoms with Crippen LogP contribution in [-0.4, -0.2) is 42.8 Å². The molecule has 1 amide bonds. The van der Waals surface area contributed by atoms with Crippen LogP contribution < -0.4 is 15.8 Å². The number of hydrogen-bond acceptors (Lipinski definition) is 8. The summed E-state index contributed by atoms with van der Waals surface area (Å²) >= 11 is 6.09. The minimum atomic E-state index is -2.53. The van der Waals surface area contributed by atoms with Crippen molar-refractivity contribution in [1.29, 1.82) is 5.26 Å². The van der Waals surface area contributed by atoms with E-state index >= 15 is 4.39 Å². The molecule has 9 nitrogen and oxygen atoms in total. The second-order valence-electron chi connectivity index (χ2n) is 8.95. The number of anilines is 1. The van der Waals surface area contributed by atoms with Crippen LogP contribution in [0.15, 0.2) is 29.4 Å². The molecule has 1 saturated heterocycles. The van der Waals surface area contributed by atoms with Gasteiger partial charge in [-0.05, 0) is 51.8 Å². The molecule has 0 spiro atoms. The summed E-state index contributed by atoms with van der Waals surface area (Å²) in [4.78, 5) is 25.7. The van der Waals surface area contributed by atoms with Gasteiger partial charge in [0.25, 0.3) is 5.91 Å². The van der Waals surface area contributed by atoms with E-state index in [9.17, 15) is 9.35 Å². The number of aromatic nitrogens is 2. The van der Waals surface area contributed by atoms with Crippen molar-refractivity contribution in [3.63, 3.8) is 0 Å². The van der Waals surface area contributed by atoms with Crippen molar-refractivity contribution in [3.05, 3.63) is 52.2 Å². The van der Waals surface area contributed by atoms with E-state index in [4.69, 9.17) is 22.6 Å². The van der Waals surface area contributed by atoms with Gasteiger partial charge in [0.15, 0.2) is 0 Å². The zero-order chi connectivity index (χ0) is 24.9. The smallest absolute Gasteiger partial charge is 0.276 e. The van der Waals surface area contributed by atoms with Gasteiger partial charge >= 0.3 is 0 Å². The SMILES string of the molecule is CC1(C)C(N)=N[C@](C)(c2nc(NC(=O)c3ncc(C#N)cc3Cl)ccc2F)[C@@H]2CCCN[S@]21O. The van der Waals surface area contributed by atoms with Gasteiger partial charge in [0, 0.05) is 12.7 Å². The predicted octanol–water partition coefficient (Wildman–Crippen LogP) is 3.70. The van der Waals surface area contributed by atoms with Crippen molar-refractivity contribution in [2.24, 2.45) is 10.7 Å². The molecule has 0 aromatic carbocycles. The molecule has 12 heteroatoms. The topological polar surface area (TPSA) is 149 Å². The highest BCUT2D eigenvalue weighted by Gasteiger charge is 2.60. The molecule has 2 aromatic heterocycles. The number of carbonyl (C=O) groups excluding carboxylic acids is 1. The third-order valence-electron chi connectivity index (χ3n) is 6.50. The minimum Gasteiger partial charge on any atom is -0.386 e. The van der Waals surface area contributed by atoms with E-state index in [2.05, 4.69) is 25.0 Å². The van der Waals surface area contributed by atoms with Gasteiger partial charge in [0.2, 0.25) is 0 Å². The number of nitrogens with zero attached hydrogens (tertiary/aromatic N) is 4. The maximum atomic E-state index is 15.2. The summed E-state index contributed by atoms with van der Waals surface area (Å²) in [6, 6.07) is 5.73. The van der Waals surface area contributed by atoms with E-state index in [-0.39, 0.29) is 33.6 Å². The summed E-state index contributed by atoms with van der Waals surface area (Å²) in [5, 5.41) is 11.1. The monoisotopic (exact) mass is 505 g/mol. The Morgan fingerprint density at radius 1 is 1.44 bits per heavy atom. The number of amides is 1. The van der Waals surface area contributed by atoms with Crippen LogP contribution >= 0.6 is 22.1 Å². The second kappa shape index (κ2) is 8.46. The molecular formula is C22H25ClFN7O2S. The molecule has 2 aliphatic heterocycles. The number of nitriles is 1. The first kappa shape index (κ1) is 24.3. The summed E-state index contributed by atoms with van der Waals surface area (Å²) < 4.78 is 29.4. The molecule has 2 aliphatic rings. The number of aliphatic imine (C=N–C) groups is 1. The van der Waals surface area contributed by atoms with E-state index in [0.29, 0.717) is 13.0 Å². The van der Waals surface area contributed by atoms with Gasteiger partial charge in [-0.3, -0.25) is 14.5 Å². The van der Waals surface area contributed by atoms with Crippen LogP contribution in [0, 0.1) is 17.1 Å². The third kappa shape index (κ3) is 3.71. The minimum absolute atomic E-state index is 0.000299. The van der Waals surface area contributed by atoms with Crippen LogP contribution in [0.3, 0.4) is 0 Å². The van der Waals surface area contributed by atoms with Gasteiger partial charge in [-0.15, -0.1) is 0 Å². The molecule has 1 fully saturated rings. The van der Waals surface area contributed by atoms with Crippen LogP contribution in [0.2, 0.25) is 5.02 Å². The van der Waals surface area contributed by atoms with E-state index in [1.165, 1.54) is 24.4 Å². The lowest BCUT2D eigenvalue weighted by Gasteiger charge is -2.61. The number of fused-ring (bicyclic) bond motifs is 1. The molecule has 0 aliphatic carbocycles. The van der Waals surface area contributed by atoms with Crippen LogP contribution in [0.25, 0.3) is 0 Å². The largest absolute Gasteiger partial charge is 0.386 e. The van der Waals surface area contributed by atoms with Gasteiger partial charge in [-0.2, -0.15) is 5.26 Å². The number of rotatable bonds is 3. The van der Waals surface area contributed by atoms with Crippen molar-refractivity contribution < 1.29 is 13.7 Å². The third-order valence-corrected chi connectivity index (χ3v) is 10.7. The second-order valence-corrected chi connectivity index (χ2v) is 12.5. The Morgan fingerprint density at radius 3 is 2.85 bits per heavy atom. The van der Waals surface area contributed by atoms with Crippen molar-refractivity contribution in [3.8, 4) is 6.07 Å². The zero-order valence-corrected chi connectivity index (χ0v) is 20.5. The molecule has 5 N–H and O–H groups in total. The molecule has 3 atom stereocenters. The van der Waals surface area contributed by atoms with E-state index in [1.54, 1.807) is 6.92 Å². The lowest BCUT2D eigenvalue weighted by atomic mass is 9.89. The molecule has 0 unspecified atom stereocenters. The Labute approximate surface area is 203 Å². The highest BCUT2D eigenvalue weighted by Crippen LogP contribution is 2.66. The Morgan fingerprint density at radius 2 is 2.18 bits per heavy atom. The molecule has 0 radical (unpaired) electrons. The molecule has 0 saturated carbocycles. The van der Waals surface area contributed by atoms with E-state index in [0.717, 1.165) is 6.42 Å². The maximum absolute atomic E-state index is 15.2. The van der Waals surface area contributed by atoms with Crippen molar-refractivity contribution in [2.75, 3.05) is 11.9 Å². The number of nitrogens with two attached hydrogens (primary N) is 1. The van der Waals surface area contributed by atoms with Crippen molar-refractivity contribution in [2.45, 2.75) is 49.1 Å². The maximum Gasteiger partial charge on any atom is 0.276 e. The lowest BCUT2D eigenvalue weighted by molar-refractivity contribution is 0.102. The Hall–Kier alpha value is -2.78. The Bertz CT molecular complexity index is 1250. The van der Waals surface area contributed by atoms with Gasteiger partial charge in [-0.1, -0.05) is 22.1 Å².